The second kappa shape index (κ2) is 12.4. The maximum absolute atomic E-state index is 16.0. The van der Waals surface area contributed by atoms with Crippen LogP contribution in [0.5, 0.6) is 11.6 Å². The molecule has 4 aliphatic rings. The SMILES string of the molecule is CC[C@@H]1[C@@H]2CN(C(=O)[C@H](C(C)(C)C)NC(=O)O[C@@H]3CC4CC4[C@H]3CCOCC(F)(F)c3nc4ccc(OC)cc4nc3O2)[C@@H]1C(C)=O. The lowest BCUT2D eigenvalue weighted by molar-refractivity contribution is -0.141. The Kier molecular flexibility index (Phi) is 8.82. The lowest BCUT2D eigenvalue weighted by Gasteiger charge is -2.36. The first-order chi connectivity index (χ1) is 22.2. The number of aromatic nitrogens is 2. The van der Waals surface area contributed by atoms with Gasteiger partial charge in [0.1, 0.15) is 30.6 Å². The van der Waals surface area contributed by atoms with E-state index in [9.17, 15) is 14.4 Å². The summed E-state index contributed by atoms with van der Waals surface area (Å²) in [6.45, 7) is 7.71. The highest BCUT2D eigenvalue weighted by Crippen LogP contribution is 2.57. The van der Waals surface area contributed by atoms with Gasteiger partial charge in [-0.05, 0) is 62.0 Å². The van der Waals surface area contributed by atoms with Crippen molar-refractivity contribution in [1.29, 1.82) is 0 Å². The molecule has 1 saturated heterocycles. The zero-order valence-electron chi connectivity index (χ0n) is 27.8. The summed E-state index contributed by atoms with van der Waals surface area (Å²) in [5.74, 6) is -4.09. The summed E-state index contributed by atoms with van der Waals surface area (Å²) in [4.78, 5) is 51.0. The van der Waals surface area contributed by atoms with E-state index in [1.54, 1.807) is 18.2 Å². The molecule has 2 bridgehead atoms. The highest BCUT2D eigenvalue weighted by atomic mass is 19.3. The Morgan fingerprint density at radius 2 is 1.87 bits per heavy atom. The number of rotatable bonds is 3. The monoisotopic (exact) mass is 658 g/mol. The molecule has 3 fully saturated rings. The second-order valence-electron chi connectivity index (χ2n) is 14.5. The van der Waals surface area contributed by atoms with Crippen LogP contribution in [-0.4, -0.2) is 83.8 Å². The predicted octanol–water partition coefficient (Wildman–Crippen LogP) is 4.89. The van der Waals surface area contributed by atoms with Crippen molar-refractivity contribution in [2.75, 3.05) is 26.9 Å². The van der Waals surface area contributed by atoms with Crippen molar-refractivity contribution >= 4 is 28.8 Å². The molecule has 3 heterocycles. The molecular weight excluding hydrogens is 614 g/mol. The summed E-state index contributed by atoms with van der Waals surface area (Å²) in [5.41, 5.74) is -0.922. The number of amides is 2. The largest absolute Gasteiger partial charge is 0.497 e. The quantitative estimate of drug-likeness (QED) is 0.490. The summed E-state index contributed by atoms with van der Waals surface area (Å²) in [6, 6.07) is 2.80. The third-order valence-corrected chi connectivity index (χ3v) is 10.3. The molecule has 2 saturated carbocycles. The summed E-state index contributed by atoms with van der Waals surface area (Å²) < 4.78 is 55.2. The number of hydrogen-bond acceptors (Lipinski definition) is 9. The fourth-order valence-corrected chi connectivity index (χ4v) is 7.79. The van der Waals surface area contributed by atoms with Gasteiger partial charge in [-0.2, -0.15) is 8.78 Å². The van der Waals surface area contributed by atoms with Crippen LogP contribution < -0.4 is 14.8 Å². The van der Waals surface area contributed by atoms with Gasteiger partial charge in [-0.3, -0.25) is 9.59 Å². The predicted molar refractivity (Wildman–Crippen MR) is 166 cm³/mol. The molecule has 256 valence electrons. The maximum Gasteiger partial charge on any atom is 0.408 e. The molecular formula is C34H44F2N4O7. The van der Waals surface area contributed by atoms with Gasteiger partial charge in [-0.15, -0.1) is 0 Å². The van der Waals surface area contributed by atoms with Crippen molar-refractivity contribution in [3.05, 3.63) is 23.9 Å². The molecule has 2 aliphatic heterocycles. The molecule has 0 radical (unpaired) electrons. The fourth-order valence-electron chi connectivity index (χ4n) is 7.79. The molecule has 13 heteroatoms. The van der Waals surface area contributed by atoms with Crippen LogP contribution in [0.25, 0.3) is 11.0 Å². The third-order valence-electron chi connectivity index (χ3n) is 10.3. The van der Waals surface area contributed by atoms with Crippen LogP contribution in [0.2, 0.25) is 0 Å². The molecule has 6 rings (SSSR count). The minimum atomic E-state index is -3.58. The number of ether oxygens (including phenoxy) is 4. The Bertz CT molecular complexity index is 1550. The van der Waals surface area contributed by atoms with Gasteiger partial charge in [-0.1, -0.05) is 27.7 Å². The van der Waals surface area contributed by atoms with E-state index in [4.69, 9.17) is 18.9 Å². The summed E-state index contributed by atoms with van der Waals surface area (Å²) in [6.07, 6.45) is 0.540. The third kappa shape index (κ3) is 6.47. The van der Waals surface area contributed by atoms with Crippen molar-refractivity contribution in [3.63, 3.8) is 0 Å². The zero-order valence-corrected chi connectivity index (χ0v) is 27.8. The van der Waals surface area contributed by atoms with Crippen molar-refractivity contribution < 1.29 is 42.1 Å². The van der Waals surface area contributed by atoms with Gasteiger partial charge >= 0.3 is 12.0 Å². The number of halogens is 2. The van der Waals surface area contributed by atoms with Crippen LogP contribution in [0.3, 0.4) is 0 Å². The number of hydrogen-bond donors (Lipinski definition) is 1. The number of carbonyl (C=O) groups is 3. The van der Waals surface area contributed by atoms with Gasteiger partial charge < -0.3 is 29.2 Å². The van der Waals surface area contributed by atoms with Crippen LogP contribution in [0.4, 0.5) is 13.6 Å². The zero-order chi connectivity index (χ0) is 33.8. The van der Waals surface area contributed by atoms with Crippen LogP contribution in [0.1, 0.15) is 66.0 Å². The number of nitrogens with zero attached hydrogens (tertiary/aromatic N) is 3. The number of Topliss-reactive ketones (excluding diaryl/α,β-unsaturated/α-hetero) is 1. The van der Waals surface area contributed by atoms with E-state index in [0.29, 0.717) is 36.8 Å². The smallest absolute Gasteiger partial charge is 0.408 e. The number of alkyl carbamates (subject to hydrolysis) is 1. The molecule has 1 aromatic heterocycles. The average Bonchev–Trinajstić information content (AvgIpc) is 3.54. The fraction of sp³-hybridized carbons (Fsp3) is 0.676. The number of carbonyl (C=O) groups excluding carboxylic acids is 3. The minimum Gasteiger partial charge on any atom is -0.497 e. The second-order valence-corrected chi connectivity index (χ2v) is 14.5. The van der Waals surface area contributed by atoms with Gasteiger partial charge in [0.05, 0.1) is 30.7 Å². The van der Waals surface area contributed by atoms with E-state index < -0.39 is 71.7 Å². The Hall–Kier alpha value is -3.61. The Morgan fingerprint density at radius 3 is 2.55 bits per heavy atom. The lowest BCUT2D eigenvalue weighted by Crippen LogP contribution is -2.57. The lowest BCUT2D eigenvalue weighted by atomic mass is 9.85. The molecule has 1 N–H and O–H groups in total. The molecule has 2 amide bonds. The van der Waals surface area contributed by atoms with Crippen molar-refractivity contribution in [3.8, 4) is 11.6 Å². The molecule has 0 spiro atoms. The Labute approximate surface area is 273 Å². The average molecular weight is 659 g/mol. The number of ketones is 1. The number of fused-ring (bicyclic) bond motifs is 7. The van der Waals surface area contributed by atoms with Gasteiger partial charge in [-0.25, -0.2) is 14.8 Å². The highest BCUT2D eigenvalue weighted by molar-refractivity contribution is 5.92. The van der Waals surface area contributed by atoms with Gasteiger partial charge in [0.2, 0.25) is 11.8 Å². The number of nitrogens with one attached hydrogen (secondary N) is 1. The van der Waals surface area contributed by atoms with Crippen LogP contribution in [0.15, 0.2) is 18.2 Å². The van der Waals surface area contributed by atoms with E-state index in [0.717, 1.165) is 6.42 Å². The van der Waals surface area contributed by atoms with Crippen molar-refractivity contribution in [1.82, 2.24) is 20.2 Å². The van der Waals surface area contributed by atoms with Crippen molar-refractivity contribution in [2.24, 2.45) is 29.1 Å². The Morgan fingerprint density at radius 1 is 1.11 bits per heavy atom. The summed E-state index contributed by atoms with van der Waals surface area (Å²) >= 11 is 0. The van der Waals surface area contributed by atoms with E-state index in [1.807, 2.05) is 27.7 Å². The first-order valence-electron chi connectivity index (χ1n) is 16.5. The molecule has 2 unspecified atom stereocenters. The highest BCUT2D eigenvalue weighted by Gasteiger charge is 2.55. The van der Waals surface area contributed by atoms with E-state index in [-0.39, 0.29) is 35.9 Å². The van der Waals surface area contributed by atoms with Crippen LogP contribution in [0, 0.1) is 29.1 Å². The normalized spacial score (nSPS) is 32.6. The minimum absolute atomic E-state index is 0.0388. The van der Waals surface area contributed by atoms with E-state index in [1.165, 1.54) is 18.9 Å². The topological polar surface area (TPSA) is 129 Å². The van der Waals surface area contributed by atoms with Crippen LogP contribution in [-0.2, 0) is 25.0 Å². The van der Waals surface area contributed by atoms with Gasteiger partial charge in [0.25, 0.3) is 0 Å². The standard InChI is InChI=1S/C34H44F2N4O7/c1-7-20-26-15-40(27(20)17(2)41)31(42)29(33(3,4)5)39-32(43)47-25-13-18-12-22(18)21(25)10-11-45-16-34(35,36)28-30(46-26)38-24-14-19(44-6)8-9-23(24)37-28/h8-9,14,18,20-22,25-27,29H,7,10-13,15-16H2,1-6H3,(H,39,43)/t18?,20-,21-,22?,25-,26+,27-,29-/m1/s1. The summed E-state index contributed by atoms with van der Waals surface area (Å²) in [5, 5.41) is 2.82. The number of methoxy groups -OCH3 is 1. The first kappa shape index (κ1) is 33.3. The maximum atomic E-state index is 16.0. The van der Waals surface area contributed by atoms with E-state index in [2.05, 4.69) is 15.3 Å². The van der Waals surface area contributed by atoms with Crippen molar-refractivity contribution in [2.45, 2.75) is 90.5 Å². The van der Waals surface area contributed by atoms with Crippen LogP contribution >= 0.6 is 0 Å². The molecule has 2 aliphatic carbocycles. The van der Waals surface area contributed by atoms with Gasteiger partial charge in [0, 0.05) is 24.5 Å². The molecule has 8 atom stereocenters. The summed E-state index contributed by atoms with van der Waals surface area (Å²) in [7, 11) is 1.49. The molecule has 1 aromatic carbocycles. The molecule has 11 nitrogen and oxygen atoms in total. The molecule has 2 aromatic rings. The Balaban J connectivity index is 1.43. The van der Waals surface area contributed by atoms with Gasteiger partial charge in [0.15, 0.2) is 11.5 Å². The number of benzene rings is 1. The van der Waals surface area contributed by atoms with E-state index >= 15 is 8.78 Å². The number of alkyl halides is 2. The molecule has 47 heavy (non-hydrogen) atoms. The first-order valence-corrected chi connectivity index (χ1v) is 16.5.